The molecule has 2 aliphatic rings. The monoisotopic (exact) mass is 353 g/mol. The minimum Gasteiger partial charge on any atom is -0.346 e. The first kappa shape index (κ1) is 15.1. The molecular weight excluding hydrogens is 334 g/mol. The van der Waals surface area contributed by atoms with Crippen LogP contribution >= 0.6 is 0 Å². The zero-order valence-corrected chi connectivity index (χ0v) is 14.5. The van der Waals surface area contributed by atoms with Crippen LogP contribution in [0.5, 0.6) is 0 Å². The van der Waals surface area contributed by atoms with Crippen molar-refractivity contribution in [2.75, 3.05) is 0 Å². The number of aromatic nitrogens is 2. The van der Waals surface area contributed by atoms with E-state index in [0.717, 1.165) is 35.0 Å². The molecule has 128 valence electrons. The minimum atomic E-state index is -3.45. The molecule has 0 unspecified atom stereocenters. The fraction of sp³-hybridized carbons (Fsp3) is 0.316. The van der Waals surface area contributed by atoms with Gasteiger partial charge in [-0.05, 0) is 66.5 Å². The molecule has 5 nitrogen and oxygen atoms in total. The fourth-order valence-corrected chi connectivity index (χ4v) is 4.71. The van der Waals surface area contributed by atoms with Crippen LogP contribution in [0.1, 0.15) is 37.2 Å². The second-order valence-electron chi connectivity index (χ2n) is 7.02. The van der Waals surface area contributed by atoms with Gasteiger partial charge >= 0.3 is 0 Å². The molecule has 2 aliphatic carbocycles. The molecule has 0 amide bonds. The standard InChI is InChI=1S/C19H19N3O2S/c23-25(24,22-14-6-7-14)15-3-1-2-13(10-15)16-8-9-20-19-18(16)17(11-21-19)12-4-5-12/h1-3,8-12,14,22H,4-7H2,(H,20,21). The Labute approximate surface area is 146 Å². The number of rotatable bonds is 5. The molecule has 0 aliphatic heterocycles. The van der Waals surface area contributed by atoms with Crippen LogP contribution in [-0.2, 0) is 10.0 Å². The van der Waals surface area contributed by atoms with Crippen molar-refractivity contribution in [1.29, 1.82) is 0 Å². The van der Waals surface area contributed by atoms with Gasteiger partial charge in [0.2, 0.25) is 10.0 Å². The predicted octanol–water partition coefficient (Wildman–Crippen LogP) is 3.55. The highest BCUT2D eigenvalue weighted by atomic mass is 32.2. The summed E-state index contributed by atoms with van der Waals surface area (Å²) in [6.45, 7) is 0. The van der Waals surface area contributed by atoms with Gasteiger partial charge in [0.15, 0.2) is 0 Å². The number of hydrogen-bond donors (Lipinski definition) is 2. The molecule has 2 saturated carbocycles. The van der Waals surface area contributed by atoms with E-state index in [1.165, 1.54) is 18.4 Å². The van der Waals surface area contributed by atoms with E-state index in [2.05, 4.69) is 14.7 Å². The Balaban J connectivity index is 1.63. The van der Waals surface area contributed by atoms with E-state index < -0.39 is 10.0 Å². The maximum Gasteiger partial charge on any atom is 0.240 e. The van der Waals surface area contributed by atoms with Crippen molar-refractivity contribution >= 4 is 21.1 Å². The Morgan fingerprint density at radius 2 is 1.96 bits per heavy atom. The molecule has 3 aromatic rings. The molecule has 2 heterocycles. The van der Waals surface area contributed by atoms with Gasteiger partial charge in [-0.2, -0.15) is 0 Å². The van der Waals surface area contributed by atoms with Gasteiger partial charge in [0.1, 0.15) is 5.65 Å². The van der Waals surface area contributed by atoms with Crippen molar-refractivity contribution in [3.63, 3.8) is 0 Å². The van der Waals surface area contributed by atoms with Crippen LogP contribution in [-0.4, -0.2) is 24.4 Å². The van der Waals surface area contributed by atoms with Crippen molar-refractivity contribution in [2.45, 2.75) is 42.5 Å². The number of nitrogens with one attached hydrogen (secondary N) is 2. The maximum absolute atomic E-state index is 12.5. The van der Waals surface area contributed by atoms with Crippen molar-refractivity contribution in [2.24, 2.45) is 0 Å². The maximum atomic E-state index is 12.5. The molecule has 2 N–H and O–H groups in total. The highest BCUT2D eigenvalue weighted by Crippen LogP contribution is 2.45. The van der Waals surface area contributed by atoms with Crippen LogP contribution in [0.4, 0.5) is 0 Å². The SMILES string of the molecule is O=S(=O)(NC1CC1)c1cccc(-c2ccnc3[nH]cc(C4CC4)c23)c1. The first-order valence-corrected chi connectivity index (χ1v) is 10.2. The van der Waals surface area contributed by atoms with Crippen LogP contribution in [0, 0.1) is 0 Å². The number of sulfonamides is 1. The highest BCUT2D eigenvalue weighted by Gasteiger charge is 2.29. The fourth-order valence-electron chi connectivity index (χ4n) is 3.36. The van der Waals surface area contributed by atoms with Crippen LogP contribution in [0.3, 0.4) is 0 Å². The Bertz CT molecular complexity index is 1060. The lowest BCUT2D eigenvalue weighted by atomic mass is 10.00. The topological polar surface area (TPSA) is 74.8 Å². The molecule has 5 rings (SSSR count). The second kappa shape index (κ2) is 5.41. The number of nitrogens with zero attached hydrogens (tertiary/aromatic N) is 1. The lowest BCUT2D eigenvalue weighted by Gasteiger charge is -2.09. The highest BCUT2D eigenvalue weighted by molar-refractivity contribution is 7.89. The predicted molar refractivity (Wildman–Crippen MR) is 96.8 cm³/mol. The quantitative estimate of drug-likeness (QED) is 0.736. The molecule has 25 heavy (non-hydrogen) atoms. The van der Waals surface area contributed by atoms with Crippen molar-refractivity contribution in [1.82, 2.24) is 14.7 Å². The minimum absolute atomic E-state index is 0.104. The van der Waals surface area contributed by atoms with E-state index in [0.29, 0.717) is 10.8 Å². The summed E-state index contributed by atoms with van der Waals surface area (Å²) in [6.07, 6.45) is 8.10. The summed E-state index contributed by atoms with van der Waals surface area (Å²) in [5.41, 5.74) is 4.11. The third-order valence-electron chi connectivity index (χ3n) is 4.98. The van der Waals surface area contributed by atoms with Gasteiger partial charge in [-0.15, -0.1) is 0 Å². The lowest BCUT2D eigenvalue weighted by Crippen LogP contribution is -2.25. The van der Waals surface area contributed by atoms with E-state index in [1.54, 1.807) is 18.3 Å². The van der Waals surface area contributed by atoms with Crippen molar-refractivity contribution in [3.8, 4) is 11.1 Å². The third-order valence-corrected chi connectivity index (χ3v) is 6.49. The number of hydrogen-bond acceptors (Lipinski definition) is 3. The molecule has 0 bridgehead atoms. The van der Waals surface area contributed by atoms with Gasteiger partial charge in [0.25, 0.3) is 0 Å². The smallest absolute Gasteiger partial charge is 0.240 e. The van der Waals surface area contributed by atoms with E-state index in [4.69, 9.17) is 0 Å². The van der Waals surface area contributed by atoms with Crippen molar-refractivity contribution < 1.29 is 8.42 Å². The van der Waals surface area contributed by atoms with Crippen LogP contribution in [0.15, 0.2) is 47.6 Å². The van der Waals surface area contributed by atoms with Gasteiger partial charge in [-0.1, -0.05) is 12.1 Å². The van der Waals surface area contributed by atoms with E-state index >= 15 is 0 Å². The Morgan fingerprint density at radius 3 is 2.72 bits per heavy atom. The van der Waals surface area contributed by atoms with Gasteiger partial charge < -0.3 is 4.98 Å². The Morgan fingerprint density at radius 1 is 1.12 bits per heavy atom. The Kier molecular flexibility index (Phi) is 3.27. The summed E-state index contributed by atoms with van der Waals surface area (Å²) in [6, 6.07) is 9.28. The zero-order valence-electron chi connectivity index (χ0n) is 13.7. The van der Waals surface area contributed by atoms with Crippen LogP contribution < -0.4 is 4.72 Å². The number of pyridine rings is 1. The Hall–Kier alpha value is -2.18. The molecule has 2 fully saturated rings. The van der Waals surface area contributed by atoms with Gasteiger partial charge in [-0.25, -0.2) is 18.1 Å². The van der Waals surface area contributed by atoms with Crippen LogP contribution in [0.2, 0.25) is 0 Å². The van der Waals surface area contributed by atoms with E-state index in [-0.39, 0.29) is 6.04 Å². The van der Waals surface area contributed by atoms with Gasteiger partial charge in [0.05, 0.1) is 4.90 Å². The molecular formula is C19H19N3O2S. The largest absolute Gasteiger partial charge is 0.346 e. The molecule has 0 atom stereocenters. The second-order valence-corrected chi connectivity index (χ2v) is 8.74. The molecule has 0 spiro atoms. The average Bonchev–Trinajstić information content (AvgIpc) is 3.55. The van der Waals surface area contributed by atoms with E-state index in [9.17, 15) is 8.42 Å². The lowest BCUT2D eigenvalue weighted by molar-refractivity contribution is 0.581. The van der Waals surface area contributed by atoms with Crippen molar-refractivity contribution in [3.05, 3.63) is 48.3 Å². The summed E-state index contributed by atoms with van der Waals surface area (Å²) >= 11 is 0. The summed E-state index contributed by atoms with van der Waals surface area (Å²) in [7, 11) is -3.45. The first-order chi connectivity index (χ1) is 12.1. The molecule has 0 saturated heterocycles. The van der Waals surface area contributed by atoms with E-state index in [1.807, 2.05) is 24.4 Å². The summed E-state index contributed by atoms with van der Waals surface area (Å²) in [5.74, 6) is 0.597. The molecule has 6 heteroatoms. The molecule has 0 radical (unpaired) electrons. The zero-order chi connectivity index (χ0) is 17.0. The van der Waals surface area contributed by atoms with Gasteiger partial charge in [0, 0.05) is 23.8 Å². The molecule has 1 aromatic carbocycles. The summed E-state index contributed by atoms with van der Waals surface area (Å²) in [5, 5.41) is 1.12. The first-order valence-electron chi connectivity index (χ1n) is 8.70. The van der Waals surface area contributed by atoms with Gasteiger partial charge in [-0.3, -0.25) is 0 Å². The number of benzene rings is 1. The number of H-pyrrole nitrogens is 1. The number of fused-ring (bicyclic) bond motifs is 1. The van der Waals surface area contributed by atoms with Crippen LogP contribution in [0.25, 0.3) is 22.2 Å². The normalized spacial score (nSPS) is 17.9. The molecule has 2 aromatic heterocycles. The summed E-state index contributed by atoms with van der Waals surface area (Å²) in [4.78, 5) is 8.01. The third kappa shape index (κ3) is 2.75. The summed E-state index contributed by atoms with van der Waals surface area (Å²) < 4.78 is 27.8. The number of aromatic amines is 1. The average molecular weight is 353 g/mol.